The molecule has 4 heteroatoms. The molecule has 1 aromatic heterocycles. The Morgan fingerprint density at radius 2 is 2.07 bits per heavy atom. The fourth-order valence-corrected chi connectivity index (χ4v) is 1.33. The van der Waals surface area contributed by atoms with Crippen molar-refractivity contribution in [2.75, 3.05) is 0 Å². The maximum Gasteiger partial charge on any atom is 0.251 e. The fourth-order valence-electron chi connectivity index (χ4n) is 1.33. The highest BCUT2D eigenvalue weighted by Crippen LogP contribution is 2.27. The summed E-state index contributed by atoms with van der Waals surface area (Å²) >= 11 is 0. The number of benzene rings is 1. The molecule has 0 aliphatic carbocycles. The van der Waals surface area contributed by atoms with Crippen LogP contribution in [0.4, 0.5) is 0 Å². The first kappa shape index (κ1) is 9.71. The molecule has 0 radical (unpaired) electrons. The second-order valence-electron chi connectivity index (χ2n) is 3.27. The third-order valence-electron chi connectivity index (χ3n) is 2.07. The van der Waals surface area contributed by atoms with Crippen LogP contribution in [-0.4, -0.2) is 15.3 Å². The number of hydrogen-bond acceptors (Lipinski definition) is 4. The first-order valence-corrected chi connectivity index (χ1v) is 4.92. The summed E-state index contributed by atoms with van der Waals surface area (Å²) in [5.74, 6) is 1.14. The lowest BCUT2D eigenvalue weighted by Gasteiger charge is -1.97. The van der Waals surface area contributed by atoms with Crippen LogP contribution in [-0.2, 0) is 6.42 Å². The highest BCUT2D eigenvalue weighted by Gasteiger charge is 2.10. The van der Waals surface area contributed by atoms with Crippen LogP contribution in [0.5, 0.6) is 5.75 Å². The van der Waals surface area contributed by atoms with Gasteiger partial charge in [0.25, 0.3) is 5.89 Å². The summed E-state index contributed by atoms with van der Waals surface area (Å²) in [6, 6.07) is 6.92. The van der Waals surface area contributed by atoms with Crippen LogP contribution < -0.4 is 0 Å². The van der Waals surface area contributed by atoms with Crippen molar-refractivity contribution in [3.63, 3.8) is 0 Å². The van der Waals surface area contributed by atoms with Crippen LogP contribution in [0.2, 0.25) is 0 Å². The molecule has 0 amide bonds. The van der Waals surface area contributed by atoms with Gasteiger partial charge >= 0.3 is 0 Å². The molecule has 0 bridgehead atoms. The van der Waals surface area contributed by atoms with E-state index in [1.807, 2.05) is 13.0 Å². The summed E-state index contributed by atoms with van der Waals surface area (Å²) in [5.41, 5.74) is 0.576. The van der Waals surface area contributed by atoms with Crippen molar-refractivity contribution in [1.29, 1.82) is 0 Å². The normalized spacial score (nSPS) is 10.5. The average molecular weight is 204 g/mol. The lowest BCUT2D eigenvalue weighted by atomic mass is 10.2. The van der Waals surface area contributed by atoms with Crippen LogP contribution in [0, 0.1) is 0 Å². The van der Waals surface area contributed by atoms with Crippen LogP contribution in [0.3, 0.4) is 0 Å². The summed E-state index contributed by atoms with van der Waals surface area (Å²) in [7, 11) is 0. The number of aromatic nitrogens is 2. The van der Waals surface area contributed by atoms with Gasteiger partial charge in [0.15, 0.2) is 0 Å². The Bertz CT molecular complexity index is 451. The lowest BCUT2D eigenvalue weighted by Crippen LogP contribution is -1.80. The molecule has 1 heterocycles. The Balaban J connectivity index is 2.33. The van der Waals surface area contributed by atoms with Gasteiger partial charge in [-0.05, 0) is 18.6 Å². The summed E-state index contributed by atoms with van der Waals surface area (Å²) in [6.07, 6.45) is 1.73. The van der Waals surface area contributed by atoms with Gasteiger partial charge in [-0.2, -0.15) is 0 Å². The predicted octanol–water partition coefficient (Wildman–Crippen LogP) is 2.39. The van der Waals surface area contributed by atoms with Crippen molar-refractivity contribution in [1.82, 2.24) is 10.2 Å². The molecule has 0 aliphatic rings. The van der Waals surface area contributed by atoms with Gasteiger partial charge in [0.1, 0.15) is 5.75 Å². The monoisotopic (exact) mass is 204 g/mol. The van der Waals surface area contributed by atoms with Crippen molar-refractivity contribution < 1.29 is 9.52 Å². The number of phenolic OH excluding ortho intramolecular Hbond substituents is 1. The topological polar surface area (TPSA) is 59.2 Å². The maximum atomic E-state index is 9.58. The molecule has 4 nitrogen and oxygen atoms in total. The standard InChI is InChI=1S/C11H12N2O2/c1-2-5-10-12-13-11(15-10)8-6-3-4-7-9(8)14/h3-4,6-7,14H,2,5H2,1H3. The maximum absolute atomic E-state index is 9.58. The van der Waals surface area contributed by atoms with E-state index in [-0.39, 0.29) is 5.75 Å². The van der Waals surface area contributed by atoms with Gasteiger partial charge in [0.05, 0.1) is 5.56 Å². The second-order valence-corrected chi connectivity index (χ2v) is 3.27. The van der Waals surface area contributed by atoms with Crippen LogP contribution >= 0.6 is 0 Å². The van der Waals surface area contributed by atoms with E-state index in [0.29, 0.717) is 17.3 Å². The van der Waals surface area contributed by atoms with Gasteiger partial charge < -0.3 is 9.52 Å². The number of aromatic hydroxyl groups is 1. The minimum absolute atomic E-state index is 0.157. The molecule has 78 valence electrons. The second kappa shape index (κ2) is 4.13. The number of rotatable bonds is 3. The summed E-state index contributed by atoms with van der Waals surface area (Å²) in [5, 5.41) is 17.4. The number of aryl methyl sites for hydroxylation is 1. The molecule has 0 saturated carbocycles. The van der Waals surface area contributed by atoms with E-state index in [9.17, 15) is 5.11 Å². The molecule has 0 aliphatic heterocycles. The Hall–Kier alpha value is -1.84. The molecule has 0 unspecified atom stereocenters. The van der Waals surface area contributed by atoms with Gasteiger partial charge in [0.2, 0.25) is 5.89 Å². The van der Waals surface area contributed by atoms with E-state index in [1.54, 1.807) is 18.2 Å². The van der Waals surface area contributed by atoms with E-state index in [0.717, 1.165) is 12.8 Å². The number of hydrogen-bond donors (Lipinski definition) is 1. The molecule has 0 atom stereocenters. The molecule has 15 heavy (non-hydrogen) atoms. The van der Waals surface area contributed by atoms with Gasteiger partial charge in [-0.1, -0.05) is 19.1 Å². The Labute approximate surface area is 87.6 Å². The first-order valence-electron chi connectivity index (χ1n) is 4.92. The lowest BCUT2D eigenvalue weighted by molar-refractivity contribution is 0.467. The minimum Gasteiger partial charge on any atom is -0.507 e. The van der Waals surface area contributed by atoms with Crippen molar-refractivity contribution in [2.45, 2.75) is 19.8 Å². The zero-order chi connectivity index (χ0) is 10.7. The van der Waals surface area contributed by atoms with Gasteiger partial charge in [-0.15, -0.1) is 10.2 Å². The van der Waals surface area contributed by atoms with Gasteiger partial charge in [-0.3, -0.25) is 0 Å². The molecular formula is C11H12N2O2. The molecule has 1 aromatic carbocycles. The molecular weight excluding hydrogens is 192 g/mol. The van der Waals surface area contributed by atoms with Crippen molar-refractivity contribution in [3.05, 3.63) is 30.2 Å². The van der Waals surface area contributed by atoms with Gasteiger partial charge in [0, 0.05) is 6.42 Å². The molecule has 0 saturated heterocycles. The summed E-state index contributed by atoms with van der Waals surface area (Å²) in [6.45, 7) is 2.05. The zero-order valence-corrected chi connectivity index (χ0v) is 8.47. The van der Waals surface area contributed by atoms with Crippen molar-refractivity contribution >= 4 is 0 Å². The van der Waals surface area contributed by atoms with E-state index in [1.165, 1.54) is 0 Å². The highest BCUT2D eigenvalue weighted by atomic mass is 16.4. The number of nitrogens with zero attached hydrogens (tertiary/aromatic N) is 2. The highest BCUT2D eigenvalue weighted by molar-refractivity contribution is 5.61. The van der Waals surface area contributed by atoms with Crippen molar-refractivity contribution in [2.24, 2.45) is 0 Å². The van der Waals surface area contributed by atoms with Crippen molar-refractivity contribution in [3.8, 4) is 17.2 Å². The quantitative estimate of drug-likeness (QED) is 0.833. The molecule has 2 aromatic rings. The largest absolute Gasteiger partial charge is 0.507 e. The first-order chi connectivity index (χ1) is 7.31. The van der Waals surface area contributed by atoms with Gasteiger partial charge in [-0.25, -0.2) is 0 Å². The average Bonchev–Trinajstić information content (AvgIpc) is 2.68. The number of para-hydroxylation sites is 1. The fraction of sp³-hybridized carbons (Fsp3) is 0.273. The van der Waals surface area contributed by atoms with Crippen LogP contribution in [0.1, 0.15) is 19.2 Å². The third-order valence-corrected chi connectivity index (χ3v) is 2.07. The predicted molar refractivity (Wildman–Crippen MR) is 55.4 cm³/mol. The third kappa shape index (κ3) is 1.98. The van der Waals surface area contributed by atoms with E-state index in [2.05, 4.69) is 10.2 Å². The molecule has 0 spiro atoms. The van der Waals surface area contributed by atoms with Crippen LogP contribution in [0.25, 0.3) is 11.5 Å². The molecule has 1 N–H and O–H groups in total. The Kier molecular flexibility index (Phi) is 2.67. The molecule has 0 fully saturated rings. The minimum atomic E-state index is 0.157. The van der Waals surface area contributed by atoms with E-state index < -0.39 is 0 Å². The smallest absolute Gasteiger partial charge is 0.251 e. The van der Waals surface area contributed by atoms with Crippen LogP contribution in [0.15, 0.2) is 28.7 Å². The van der Waals surface area contributed by atoms with E-state index >= 15 is 0 Å². The summed E-state index contributed by atoms with van der Waals surface area (Å²) < 4.78 is 5.41. The summed E-state index contributed by atoms with van der Waals surface area (Å²) in [4.78, 5) is 0. The molecule has 2 rings (SSSR count). The Morgan fingerprint density at radius 1 is 1.27 bits per heavy atom. The van der Waals surface area contributed by atoms with E-state index in [4.69, 9.17) is 4.42 Å². The number of phenols is 1. The zero-order valence-electron chi connectivity index (χ0n) is 8.47. The SMILES string of the molecule is CCCc1nnc(-c2ccccc2O)o1. The Morgan fingerprint density at radius 3 is 2.80 bits per heavy atom.